The maximum atomic E-state index is 11.7. The monoisotopic (exact) mass is 313 g/mol. The molecule has 5 heteroatoms. The smallest absolute Gasteiger partial charge is 0.308 e. The number of carbonyl (C=O) groups excluding carboxylic acids is 2. The van der Waals surface area contributed by atoms with Crippen LogP contribution in [0.5, 0.6) is 11.5 Å². The highest BCUT2D eigenvalue weighted by Crippen LogP contribution is 2.30. The average Bonchev–Trinajstić information content (AvgIpc) is 3.31. The first kappa shape index (κ1) is 15.3. The molecular weight excluding hydrogens is 294 g/mol. The Kier molecular flexibility index (Phi) is 4.19. The fourth-order valence-electron chi connectivity index (χ4n) is 2.63. The largest absolute Gasteiger partial charge is 0.508 e. The summed E-state index contributed by atoms with van der Waals surface area (Å²) in [6, 6.07) is 8.61. The van der Waals surface area contributed by atoms with Gasteiger partial charge >= 0.3 is 5.97 Å². The number of hydrogen-bond donors (Lipinski definition) is 2. The summed E-state index contributed by atoms with van der Waals surface area (Å²) in [6.45, 7) is 1.88. The van der Waals surface area contributed by atoms with Crippen LogP contribution in [0.4, 0.5) is 0 Å². The van der Waals surface area contributed by atoms with Crippen molar-refractivity contribution in [3.63, 3.8) is 0 Å². The van der Waals surface area contributed by atoms with Crippen molar-refractivity contribution in [1.82, 2.24) is 5.32 Å². The van der Waals surface area contributed by atoms with E-state index >= 15 is 0 Å². The summed E-state index contributed by atoms with van der Waals surface area (Å²) < 4.78 is 5.18. The second-order valence-corrected chi connectivity index (χ2v) is 5.90. The lowest BCUT2D eigenvalue weighted by Crippen LogP contribution is -2.27. The summed E-state index contributed by atoms with van der Waals surface area (Å²) >= 11 is 0. The average molecular weight is 313 g/mol. The van der Waals surface area contributed by atoms with Gasteiger partial charge in [-0.3, -0.25) is 9.59 Å². The first-order valence-electron chi connectivity index (χ1n) is 7.75. The zero-order valence-electron chi connectivity index (χ0n) is 13.0. The van der Waals surface area contributed by atoms with E-state index in [2.05, 4.69) is 5.32 Å². The molecule has 0 spiro atoms. The van der Waals surface area contributed by atoms with Gasteiger partial charge in [-0.15, -0.1) is 0 Å². The summed E-state index contributed by atoms with van der Waals surface area (Å²) in [6.07, 6.45) is 2.56. The maximum Gasteiger partial charge on any atom is 0.308 e. The molecule has 0 bridgehead atoms. The summed E-state index contributed by atoms with van der Waals surface area (Å²) in [4.78, 5) is 22.9. The Morgan fingerprint density at radius 1 is 1.26 bits per heavy atom. The number of aromatic hydroxyl groups is 1. The lowest BCUT2D eigenvalue weighted by atomic mass is 10.0. The quantitative estimate of drug-likeness (QED) is 0.657. The molecule has 1 aliphatic rings. The van der Waals surface area contributed by atoms with E-state index in [1.54, 1.807) is 30.3 Å². The molecule has 1 aliphatic carbocycles. The van der Waals surface area contributed by atoms with Crippen LogP contribution in [0.1, 0.15) is 25.3 Å². The van der Waals surface area contributed by atoms with Crippen LogP contribution in [0.2, 0.25) is 0 Å². The third-order valence-electron chi connectivity index (χ3n) is 3.90. The Hall–Kier alpha value is -2.56. The second kappa shape index (κ2) is 6.28. The highest BCUT2D eigenvalue weighted by molar-refractivity contribution is 5.89. The molecule has 0 heterocycles. The van der Waals surface area contributed by atoms with Crippen molar-refractivity contribution in [1.29, 1.82) is 0 Å². The van der Waals surface area contributed by atoms with Crippen LogP contribution in [-0.2, 0) is 16.0 Å². The molecule has 120 valence electrons. The number of ether oxygens (including phenoxy) is 1. The van der Waals surface area contributed by atoms with Crippen molar-refractivity contribution in [2.45, 2.75) is 26.2 Å². The van der Waals surface area contributed by atoms with Crippen molar-refractivity contribution >= 4 is 22.6 Å². The van der Waals surface area contributed by atoms with Crippen LogP contribution in [0, 0.1) is 5.92 Å². The van der Waals surface area contributed by atoms with Crippen molar-refractivity contribution < 1.29 is 19.4 Å². The van der Waals surface area contributed by atoms with Gasteiger partial charge in [-0.2, -0.15) is 0 Å². The van der Waals surface area contributed by atoms with Gasteiger partial charge in [0.1, 0.15) is 11.5 Å². The van der Waals surface area contributed by atoms with Gasteiger partial charge in [-0.05, 0) is 59.9 Å². The lowest BCUT2D eigenvalue weighted by Gasteiger charge is -2.11. The number of amides is 1. The molecule has 1 saturated carbocycles. The predicted molar refractivity (Wildman–Crippen MR) is 86.4 cm³/mol. The van der Waals surface area contributed by atoms with E-state index in [4.69, 9.17) is 4.74 Å². The van der Waals surface area contributed by atoms with E-state index in [0.29, 0.717) is 18.7 Å². The summed E-state index contributed by atoms with van der Waals surface area (Å²) in [5.74, 6) is 0.563. The lowest BCUT2D eigenvalue weighted by molar-refractivity contribution is -0.131. The number of phenols is 1. The predicted octanol–water partition coefficient (Wildman–Crippen LogP) is 2.54. The van der Waals surface area contributed by atoms with Gasteiger partial charge < -0.3 is 15.2 Å². The molecule has 5 nitrogen and oxygen atoms in total. The molecule has 3 rings (SSSR count). The van der Waals surface area contributed by atoms with E-state index in [9.17, 15) is 14.7 Å². The number of rotatable bonds is 5. The molecule has 2 aromatic carbocycles. The number of nitrogens with one attached hydrogen (secondary N) is 1. The van der Waals surface area contributed by atoms with Crippen molar-refractivity contribution in [2.24, 2.45) is 5.92 Å². The van der Waals surface area contributed by atoms with Gasteiger partial charge in [-0.1, -0.05) is 6.07 Å². The molecule has 23 heavy (non-hydrogen) atoms. The highest BCUT2D eigenvalue weighted by Gasteiger charge is 2.29. The zero-order chi connectivity index (χ0) is 16.4. The zero-order valence-corrected chi connectivity index (χ0v) is 13.0. The Labute approximate surface area is 134 Å². The molecule has 2 aromatic rings. The first-order chi connectivity index (χ1) is 11.0. The van der Waals surface area contributed by atoms with Crippen LogP contribution in [0.3, 0.4) is 0 Å². The van der Waals surface area contributed by atoms with Crippen molar-refractivity contribution in [3.8, 4) is 11.5 Å². The van der Waals surface area contributed by atoms with E-state index in [0.717, 1.165) is 29.2 Å². The topological polar surface area (TPSA) is 75.6 Å². The molecule has 0 radical (unpaired) electrons. The molecule has 0 aliphatic heterocycles. The minimum atomic E-state index is -0.379. The van der Waals surface area contributed by atoms with E-state index < -0.39 is 0 Å². The molecule has 0 unspecified atom stereocenters. The van der Waals surface area contributed by atoms with E-state index in [1.807, 2.05) is 0 Å². The highest BCUT2D eigenvalue weighted by atomic mass is 16.5. The van der Waals surface area contributed by atoms with Crippen LogP contribution in [0.25, 0.3) is 10.8 Å². The molecule has 1 amide bonds. The molecule has 0 atom stereocenters. The molecule has 0 saturated heterocycles. The van der Waals surface area contributed by atoms with E-state index in [-0.39, 0.29) is 23.5 Å². The summed E-state index contributed by atoms with van der Waals surface area (Å²) in [7, 11) is 0. The fraction of sp³-hybridized carbons (Fsp3) is 0.333. The summed E-state index contributed by atoms with van der Waals surface area (Å²) in [5, 5.41) is 14.4. The van der Waals surface area contributed by atoms with Crippen LogP contribution in [-0.4, -0.2) is 23.5 Å². The minimum absolute atomic E-state index is 0.105. The summed E-state index contributed by atoms with van der Waals surface area (Å²) in [5.41, 5.74) is 0.922. The Bertz CT molecular complexity index is 765. The molecule has 1 fully saturated rings. The van der Waals surface area contributed by atoms with Gasteiger partial charge in [-0.25, -0.2) is 0 Å². The van der Waals surface area contributed by atoms with Crippen LogP contribution < -0.4 is 10.1 Å². The number of carbonyl (C=O) groups is 2. The number of hydrogen-bond acceptors (Lipinski definition) is 4. The standard InChI is InChI=1S/C18H19NO4/c1-11(20)23-16-8-13-4-5-15(21)10-17(13)14(9-16)6-7-19-18(22)12-2-3-12/h4-5,8-10,12,21H,2-3,6-7H2,1H3,(H,19,22). The van der Waals surface area contributed by atoms with Crippen molar-refractivity contribution in [2.75, 3.05) is 6.54 Å². The van der Waals surface area contributed by atoms with Crippen LogP contribution in [0.15, 0.2) is 30.3 Å². The van der Waals surface area contributed by atoms with Gasteiger partial charge in [0.2, 0.25) is 5.91 Å². The molecule has 2 N–H and O–H groups in total. The Morgan fingerprint density at radius 2 is 2.04 bits per heavy atom. The van der Waals surface area contributed by atoms with E-state index in [1.165, 1.54) is 6.92 Å². The van der Waals surface area contributed by atoms with Gasteiger partial charge in [0, 0.05) is 19.4 Å². The number of phenolic OH excluding ortho intramolecular Hbond substituents is 1. The number of benzene rings is 2. The Balaban J connectivity index is 1.83. The first-order valence-corrected chi connectivity index (χ1v) is 7.75. The third-order valence-corrected chi connectivity index (χ3v) is 3.90. The third kappa shape index (κ3) is 3.80. The molecule has 0 aromatic heterocycles. The minimum Gasteiger partial charge on any atom is -0.508 e. The Morgan fingerprint density at radius 3 is 2.74 bits per heavy atom. The van der Waals surface area contributed by atoms with Gasteiger partial charge in [0.15, 0.2) is 0 Å². The number of fused-ring (bicyclic) bond motifs is 1. The maximum absolute atomic E-state index is 11.7. The van der Waals surface area contributed by atoms with Gasteiger partial charge in [0.05, 0.1) is 0 Å². The molecular formula is C18H19NO4. The number of esters is 1. The second-order valence-electron chi connectivity index (χ2n) is 5.90. The van der Waals surface area contributed by atoms with Crippen molar-refractivity contribution in [3.05, 3.63) is 35.9 Å². The fourth-order valence-corrected chi connectivity index (χ4v) is 2.63. The normalized spacial score (nSPS) is 13.8. The SMILES string of the molecule is CC(=O)Oc1cc(CCNC(=O)C2CC2)c2cc(O)ccc2c1. The van der Waals surface area contributed by atoms with Crippen LogP contribution >= 0.6 is 0 Å². The van der Waals surface area contributed by atoms with Gasteiger partial charge in [0.25, 0.3) is 0 Å².